The van der Waals surface area contributed by atoms with E-state index in [0.29, 0.717) is 13.0 Å². The predicted octanol–water partition coefficient (Wildman–Crippen LogP) is 0.107. The molecule has 12 heavy (non-hydrogen) atoms. The van der Waals surface area contributed by atoms with E-state index in [1.165, 1.54) is 4.31 Å². The summed E-state index contributed by atoms with van der Waals surface area (Å²) >= 11 is 0. The molecular weight excluding hydrogens is 176 g/mol. The minimum absolute atomic E-state index is 0.223. The van der Waals surface area contributed by atoms with Crippen molar-refractivity contribution in [3.8, 4) is 0 Å². The molecule has 0 spiro atoms. The average molecular weight is 192 g/mol. The van der Waals surface area contributed by atoms with Gasteiger partial charge in [-0.25, -0.2) is 8.42 Å². The molecule has 1 atom stereocenters. The lowest BCUT2D eigenvalue weighted by atomic mass is 10.3. The Morgan fingerprint density at radius 1 is 1.58 bits per heavy atom. The van der Waals surface area contributed by atoms with Gasteiger partial charge in [0.05, 0.1) is 11.9 Å². The summed E-state index contributed by atoms with van der Waals surface area (Å²) < 4.78 is 24.4. The standard InChI is InChI=1S/C7H16N2O2S/c1-2-6-12(10,11)9-5-3-4-7(9)8/h7H,2-6,8H2,1H3. The lowest BCUT2D eigenvalue weighted by Gasteiger charge is -2.19. The zero-order valence-corrected chi connectivity index (χ0v) is 8.18. The summed E-state index contributed by atoms with van der Waals surface area (Å²) in [5, 5.41) is 0. The van der Waals surface area contributed by atoms with Crippen molar-refractivity contribution in [1.82, 2.24) is 4.31 Å². The van der Waals surface area contributed by atoms with Crippen LogP contribution in [0.25, 0.3) is 0 Å². The van der Waals surface area contributed by atoms with Gasteiger partial charge in [0.1, 0.15) is 0 Å². The fourth-order valence-corrected chi connectivity index (χ4v) is 3.16. The Morgan fingerprint density at radius 2 is 2.25 bits per heavy atom. The smallest absolute Gasteiger partial charge is 0.215 e. The molecule has 5 heteroatoms. The first-order chi connectivity index (χ1) is 5.58. The van der Waals surface area contributed by atoms with Gasteiger partial charge < -0.3 is 5.73 Å². The number of nitrogens with two attached hydrogens (primary N) is 1. The van der Waals surface area contributed by atoms with E-state index in [9.17, 15) is 8.42 Å². The highest BCUT2D eigenvalue weighted by atomic mass is 32.2. The molecule has 1 aliphatic rings. The van der Waals surface area contributed by atoms with Crippen LogP contribution in [0.5, 0.6) is 0 Å². The van der Waals surface area contributed by atoms with Gasteiger partial charge >= 0.3 is 0 Å². The van der Waals surface area contributed by atoms with E-state index in [2.05, 4.69) is 0 Å². The zero-order chi connectivity index (χ0) is 9.19. The second-order valence-electron chi connectivity index (χ2n) is 3.14. The largest absolute Gasteiger partial charge is 0.315 e. The molecular formula is C7H16N2O2S. The number of hydrogen-bond acceptors (Lipinski definition) is 3. The SMILES string of the molecule is CCCS(=O)(=O)N1CCCC1N. The highest BCUT2D eigenvalue weighted by Crippen LogP contribution is 2.17. The Hall–Kier alpha value is -0.130. The lowest BCUT2D eigenvalue weighted by Crippen LogP contribution is -2.41. The second-order valence-corrected chi connectivity index (χ2v) is 5.18. The van der Waals surface area contributed by atoms with Gasteiger partial charge in [0.25, 0.3) is 0 Å². The highest BCUT2D eigenvalue weighted by Gasteiger charge is 2.30. The Balaban J connectivity index is 2.68. The third-order valence-corrected chi connectivity index (χ3v) is 4.16. The van der Waals surface area contributed by atoms with Crippen molar-refractivity contribution in [2.24, 2.45) is 5.73 Å². The maximum atomic E-state index is 11.5. The van der Waals surface area contributed by atoms with Gasteiger partial charge in [0.2, 0.25) is 10.0 Å². The maximum Gasteiger partial charge on any atom is 0.215 e. The zero-order valence-electron chi connectivity index (χ0n) is 7.36. The van der Waals surface area contributed by atoms with Crippen LogP contribution in [0, 0.1) is 0 Å². The van der Waals surface area contributed by atoms with Crippen LogP contribution in [-0.4, -0.2) is 31.2 Å². The molecule has 1 rings (SSSR count). The van der Waals surface area contributed by atoms with Gasteiger partial charge in [-0.15, -0.1) is 0 Å². The quantitative estimate of drug-likeness (QED) is 0.690. The molecule has 0 aliphatic carbocycles. The van der Waals surface area contributed by atoms with Gasteiger partial charge in [0.15, 0.2) is 0 Å². The van der Waals surface area contributed by atoms with E-state index < -0.39 is 10.0 Å². The molecule has 1 aliphatic heterocycles. The Morgan fingerprint density at radius 3 is 2.67 bits per heavy atom. The molecule has 4 nitrogen and oxygen atoms in total. The van der Waals surface area contributed by atoms with Gasteiger partial charge in [-0.05, 0) is 19.3 Å². The third kappa shape index (κ3) is 1.97. The summed E-state index contributed by atoms with van der Waals surface area (Å²) in [7, 11) is -3.05. The molecule has 1 heterocycles. The van der Waals surface area contributed by atoms with Crippen molar-refractivity contribution in [3.63, 3.8) is 0 Å². The molecule has 0 bridgehead atoms. The molecule has 0 saturated carbocycles. The Bertz CT molecular complexity index is 238. The molecule has 0 aromatic carbocycles. The molecule has 0 amide bonds. The van der Waals surface area contributed by atoms with Crippen LogP contribution >= 0.6 is 0 Å². The maximum absolute atomic E-state index is 11.5. The van der Waals surface area contributed by atoms with Crippen molar-refractivity contribution in [3.05, 3.63) is 0 Å². The molecule has 1 saturated heterocycles. The molecule has 2 N–H and O–H groups in total. The first-order valence-electron chi connectivity index (χ1n) is 4.33. The average Bonchev–Trinajstić information content (AvgIpc) is 2.35. The number of nitrogens with zero attached hydrogens (tertiary/aromatic N) is 1. The number of rotatable bonds is 3. The van der Waals surface area contributed by atoms with Crippen LogP contribution in [0.4, 0.5) is 0 Å². The lowest BCUT2D eigenvalue weighted by molar-refractivity contribution is 0.395. The van der Waals surface area contributed by atoms with Crippen LogP contribution in [0.3, 0.4) is 0 Å². The van der Waals surface area contributed by atoms with Gasteiger partial charge in [-0.2, -0.15) is 4.31 Å². The van der Waals surface area contributed by atoms with Crippen LogP contribution < -0.4 is 5.73 Å². The van der Waals surface area contributed by atoms with Gasteiger partial charge in [-0.3, -0.25) is 0 Å². The van der Waals surface area contributed by atoms with Gasteiger partial charge in [-0.1, -0.05) is 6.92 Å². The third-order valence-electron chi connectivity index (χ3n) is 2.07. The summed E-state index contributed by atoms with van der Waals surface area (Å²) in [6.07, 6.45) is 2.07. The molecule has 72 valence electrons. The molecule has 0 aromatic heterocycles. The van der Waals surface area contributed by atoms with E-state index >= 15 is 0 Å². The summed E-state index contributed by atoms with van der Waals surface area (Å²) in [6.45, 7) is 2.46. The minimum Gasteiger partial charge on any atom is -0.315 e. The summed E-state index contributed by atoms with van der Waals surface area (Å²) in [4.78, 5) is 0. The topological polar surface area (TPSA) is 63.4 Å². The Kier molecular flexibility index (Phi) is 3.09. The van der Waals surface area contributed by atoms with Crippen molar-refractivity contribution in [1.29, 1.82) is 0 Å². The van der Waals surface area contributed by atoms with Crippen molar-refractivity contribution >= 4 is 10.0 Å². The number of sulfonamides is 1. The monoisotopic (exact) mass is 192 g/mol. The predicted molar refractivity (Wildman–Crippen MR) is 48.0 cm³/mol. The molecule has 1 unspecified atom stereocenters. The van der Waals surface area contributed by atoms with Crippen molar-refractivity contribution in [2.45, 2.75) is 32.4 Å². The van der Waals surface area contributed by atoms with Crippen LogP contribution in [0.15, 0.2) is 0 Å². The second kappa shape index (κ2) is 3.72. The first kappa shape index (κ1) is 9.95. The summed E-state index contributed by atoms with van der Waals surface area (Å²) in [5.41, 5.74) is 5.64. The fourth-order valence-electron chi connectivity index (χ4n) is 1.49. The fraction of sp³-hybridized carbons (Fsp3) is 1.00. The van der Waals surface area contributed by atoms with Crippen LogP contribution in [-0.2, 0) is 10.0 Å². The van der Waals surface area contributed by atoms with Crippen molar-refractivity contribution in [2.75, 3.05) is 12.3 Å². The highest BCUT2D eigenvalue weighted by molar-refractivity contribution is 7.89. The Labute approximate surface area is 73.8 Å². The van der Waals surface area contributed by atoms with E-state index in [4.69, 9.17) is 5.73 Å². The van der Waals surface area contributed by atoms with Gasteiger partial charge in [0, 0.05) is 6.54 Å². The van der Waals surface area contributed by atoms with Crippen LogP contribution in [0.2, 0.25) is 0 Å². The first-order valence-corrected chi connectivity index (χ1v) is 5.94. The van der Waals surface area contributed by atoms with Crippen LogP contribution in [0.1, 0.15) is 26.2 Å². The van der Waals surface area contributed by atoms with E-state index in [1.807, 2.05) is 6.92 Å². The summed E-state index contributed by atoms with van der Waals surface area (Å²) in [5.74, 6) is 0.223. The molecule has 0 radical (unpaired) electrons. The van der Waals surface area contributed by atoms with E-state index in [-0.39, 0.29) is 11.9 Å². The van der Waals surface area contributed by atoms with E-state index in [0.717, 1.165) is 12.8 Å². The number of hydrogen-bond donors (Lipinski definition) is 1. The molecule has 1 fully saturated rings. The normalized spacial score (nSPS) is 26.3. The minimum atomic E-state index is -3.05. The molecule has 0 aromatic rings. The van der Waals surface area contributed by atoms with Crippen molar-refractivity contribution < 1.29 is 8.42 Å². The van der Waals surface area contributed by atoms with E-state index in [1.54, 1.807) is 0 Å². The summed E-state index contributed by atoms with van der Waals surface area (Å²) in [6, 6.07) is 0.